The van der Waals surface area contributed by atoms with Crippen LogP contribution in [0.25, 0.3) is 0 Å². The first-order valence-electron chi connectivity index (χ1n) is 7.06. The number of halogens is 1. The van der Waals surface area contributed by atoms with Gasteiger partial charge in [0.25, 0.3) is 0 Å². The molecule has 2 aliphatic heterocycles. The van der Waals surface area contributed by atoms with Crippen LogP contribution in [-0.4, -0.2) is 29.3 Å². The monoisotopic (exact) mass is 273 g/mol. The predicted octanol–water partition coefficient (Wildman–Crippen LogP) is 2.69. The minimum Gasteiger partial charge on any atom is -0.285 e. The smallest absolute Gasteiger partial charge is 0.121 e. The number of nitrogens with zero attached hydrogens (tertiary/aromatic N) is 2. The summed E-state index contributed by atoms with van der Waals surface area (Å²) < 4.78 is 13.4. The number of rotatable bonds is 2. The topological polar surface area (TPSA) is 41.6 Å². The van der Waals surface area contributed by atoms with Gasteiger partial charge < -0.3 is 0 Å². The Morgan fingerprint density at radius 2 is 2.15 bits per heavy atom. The fraction of sp³-hybridized carbons (Fsp3) is 0.438. The molecule has 0 aromatic heterocycles. The summed E-state index contributed by atoms with van der Waals surface area (Å²) in [5.74, 6) is 6.24. The van der Waals surface area contributed by atoms with Gasteiger partial charge in [-0.25, -0.2) is 9.40 Å². The van der Waals surface area contributed by atoms with E-state index in [1.807, 2.05) is 24.2 Å². The van der Waals surface area contributed by atoms with Crippen molar-refractivity contribution in [2.75, 3.05) is 0 Å². The van der Waals surface area contributed by atoms with Gasteiger partial charge in [-0.3, -0.25) is 10.8 Å². The van der Waals surface area contributed by atoms with Crippen LogP contribution in [0.4, 0.5) is 4.39 Å². The van der Waals surface area contributed by atoms with Crippen LogP contribution in [0.2, 0.25) is 0 Å². The van der Waals surface area contributed by atoms with Gasteiger partial charge >= 0.3 is 0 Å². The van der Waals surface area contributed by atoms with Gasteiger partial charge in [0.05, 0.1) is 12.1 Å². The van der Waals surface area contributed by atoms with Gasteiger partial charge in [-0.05, 0) is 43.6 Å². The molecule has 4 atom stereocenters. The SMILES string of the molecule is CC1=C(F)C=CC(C2N=CC=C2C2C=CC(C)N2N)C1. The lowest BCUT2D eigenvalue weighted by molar-refractivity contribution is 0.239. The van der Waals surface area contributed by atoms with E-state index in [1.165, 1.54) is 5.57 Å². The molecule has 0 saturated carbocycles. The van der Waals surface area contributed by atoms with E-state index in [0.717, 1.165) is 12.0 Å². The minimum absolute atomic E-state index is 0.0697. The molecule has 0 aromatic rings. The minimum atomic E-state index is -0.108. The number of aliphatic imine (C=N–C) groups is 1. The highest BCUT2D eigenvalue weighted by Gasteiger charge is 2.35. The molecular weight excluding hydrogens is 253 g/mol. The molecule has 0 radical (unpaired) electrons. The molecule has 0 aromatic carbocycles. The number of allylic oxidation sites excluding steroid dienone is 4. The Kier molecular flexibility index (Phi) is 3.44. The molecule has 0 bridgehead atoms. The van der Waals surface area contributed by atoms with Crippen LogP contribution in [-0.2, 0) is 0 Å². The average molecular weight is 273 g/mol. The normalized spacial score (nSPS) is 37.1. The first-order chi connectivity index (χ1) is 9.58. The third-order valence-corrected chi connectivity index (χ3v) is 4.40. The third kappa shape index (κ3) is 2.19. The van der Waals surface area contributed by atoms with Crippen LogP contribution >= 0.6 is 0 Å². The molecule has 2 heterocycles. The molecule has 4 heteroatoms. The van der Waals surface area contributed by atoms with Crippen LogP contribution in [0.1, 0.15) is 20.3 Å². The summed E-state index contributed by atoms with van der Waals surface area (Å²) in [7, 11) is 0. The molecule has 0 fully saturated rings. The molecule has 2 N–H and O–H groups in total. The molecule has 20 heavy (non-hydrogen) atoms. The molecular formula is C16H20FN3. The van der Waals surface area contributed by atoms with E-state index in [4.69, 9.17) is 5.84 Å². The Labute approximate surface area is 119 Å². The predicted molar refractivity (Wildman–Crippen MR) is 79.8 cm³/mol. The quantitative estimate of drug-likeness (QED) is 0.621. The summed E-state index contributed by atoms with van der Waals surface area (Å²) in [6.45, 7) is 3.92. The summed E-state index contributed by atoms with van der Waals surface area (Å²) in [6.07, 6.45) is 12.4. The van der Waals surface area contributed by atoms with Crippen molar-refractivity contribution >= 4 is 6.21 Å². The Morgan fingerprint density at radius 3 is 2.80 bits per heavy atom. The maximum absolute atomic E-state index is 13.4. The van der Waals surface area contributed by atoms with Crippen LogP contribution in [0.3, 0.4) is 0 Å². The van der Waals surface area contributed by atoms with Crippen LogP contribution in [0.5, 0.6) is 0 Å². The molecule has 3 nitrogen and oxygen atoms in total. The van der Waals surface area contributed by atoms with Gasteiger partial charge in [0.15, 0.2) is 0 Å². The summed E-state index contributed by atoms with van der Waals surface area (Å²) in [6, 6.07) is 0.408. The Morgan fingerprint density at radius 1 is 1.35 bits per heavy atom. The van der Waals surface area contributed by atoms with Crippen LogP contribution < -0.4 is 5.84 Å². The summed E-state index contributed by atoms with van der Waals surface area (Å²) in [5.41, 5.74) is 2.01. The van der Waals surface area contributed by atoms with Crippen molar-refractivity contribution in [1.82, 2.24) is 5.01 Å². The summed E-state index contributed by atoms with van der Waals surface area (Å²) >= 11 is 0. The molecule has 0 amide bonds. The van der Waals surface area contributed by atoms with Crippen molar-refractivity contribution in [3.63, 3.8) is 0 Å². The summed E-state index contributed by atoms with van der Waals surface area (Å²) in [4.78, 5) is 4.57. The Bertz CT molecular complexity index is 556. The lowest BCUT2D eigenvalue weighted by Crippen LogP contribution is -2.44. The highest BCUT2D eigenvalue weighted by molar-refractivity contribution is 5.77. The van der Waals surface area contributed by atoms with Crippen molar-refractivity contribution in [2.24, 2.45) is 16.8 Å². The van der Waals surface area contributed by atoms with Gasteiger partial charge in [0, 0.05) is 18.2 Å². The average Bonchev–Trinajstić information content (AvgIpc) is 3.01. The van der Waals surface area contributed by atoms with Crippen LogP contribution in [0, 0.1) is 5.92 Å². The van der Waals surface area contributed by atoms with Gasteiger partial charge in [-0.2, -0.15) is 0 Å². The fourth-order valence-corrected chi connectivity index (χ4v) is 3.13. The number of hydrazine groups is 1. The zero-order valence-electron chi connectivity index (χ0n) is 11.8. The number of nitrogens with two attached hydrogens (primary N) is 1. The van der Waals surface area contributed by atoms with E-state index in [9.17, 15) is 4.39 Å². The van der Waals surface area contributed by atoms with Crippen molar-refractivity contribution in [3.8, 4) is 0 Å². The van der Waals surface area contributed by atoms with Gasteiger partial charge in [-0.1, -0.05) is 18.2 Å². The first-order valence-corrected chi connectivity index (χ1v) is 7.06. The van der Waals surface area contributed by atoms with E-state index in [1.54, 1.807) is 6.08 Å². The van der Waals surface area contributed by atoms with Crippen molar-refractivity contribution in [1.29, 1.82) is 0 Å². The van der Waals surface area contributed by atoms with Crippen LogP contribution in [0.15, 0.2) is 52.3 Å². The van der Waals surface area contributed by atoms with E-state index < -0.39 is 0 Å². The molecule has 4 unspecified atom stereocenters. The van der Waals surface area contributed by atoms with Gasteiger partial charge in [0.1, 0.15) is 5.83 Å². The molecule has 0 spiro atoms. The summed E-state index contributed by atoms with van der Waals surface area (Å²) in [5, 5.41) is 1.85. The highest BCUT2D eigenvalue weighted by Crippen LogP contribution is 2.35. The van der Waals surface area contributed by atoms with Crippen molar-refractivity contribution in [2.45, 2.75) is 38.4 Å². The lowest BCUT2D eigenvalue weighted by Gasteiger charge is -2.30. The number of hydrogen-bond acceptors (Lipinski definition) is 3. The fourth-order valence-electron chi connectivity index (χ4n) is 3.13. The Hall–Kier alpha value is -1.52. The second kappa shape index (κ2) is 5.11. The first kappa shape index (κ1) is 13.5. The van der Waals surface area contributed by atoms with E-state index in [-0.39, 0.29) is 29.9 Å². The molecule has 3 rings (SSSR count). The molecule has 106 valence electrons. The molecule has 1 aliphatic carbocycles. The second-order valence-corrected chi connectivity index (χ2v) is 5.78. The maximum Gasteiger partial charge on any atom is 0.121 e. The van der Waals surface area contributed by atoms with E-state index >= 15 is 0 Å². The molecule has 3 aliphatic rings. The zero-order chi connectivity index (χ0) is 14.3. The van der Waals surface area contributed by atoms with Crippen molar-refractivity contribution in [3.05, 3.63) is 47.4 Å². The zero-order valence-corrected chi connectivity index (χ0v) is 11.8. The Balaban J connectivity index is 1.79. The lowest BCUT2D eigenvalue weighted by atomic mass is 9.83. The van der Waals surface area contributed by atoms with Crippen molar-refractivity contribution < 1.29 is 4.39 Å². The molecule has 0 saturated heterocycles. The van der Waals surface area contributed by atoms with E-state index in [0.29, 0.717) is 0 Å². The largest absolute Gasteiger partial charge is 0.285 e. The third-order valence-electron chi connectivity index (χ3n) is 4.40. The standard InChI is InChI=1S/C16H20FN3/c1-10-9-12(4-5-14(10)17)16-13(7-8-19-16)15-6-3-11(2)20(15)18/h3-8,11-12,15-16H,9,18H2,1-2H3. The van der Waals surface area contributed by atoms with E-state index in [2.05, 4.69) is 30.1 Å². The highest BCUT2D eigenvalue weighted by atomic mass is 19.1. The second-order valence-electron chi connectivity index (χ2n) is 5.78. The van der Waals surface area contributed by atoms with Gasteiger partial charge in [0.2, 0.25) is 0 Å². The van der Waals surface area contributed by atoms with Gasteiger partial charge in [-0.15, -0.1) is 0 Å². The maximum atomic E-state index is 13.4. The number of hydrogen-bond donors (Lipinski definition) is 1.